The molecule has 0 fully saturated rings. The fraction of sp³-hybridized carbons (Fsp3) is 0.357. The highest BCUT2D eigenvalue weighted by Gasteiger charge is 2.25. The highest BCUT2D eigenvalue weighted by Crippen LogP contribution is 2.36. The molecule has 0 atom stereocenters. The van der Waals surface area contributed by atoms with Gasteiger partial charge in [-0.2, -0.15) is 0 Å². The van der Waals surface area contributed by atoms with Crippen molar-refractivity contribution < 1.29 is 9.31 Å². The Morgan fingerprint density at radius 2 is 2.10 bits per heavy atom. The monoisotopic (exact) mass is 296 g/mol. The first-order valence-electron chi connectivity index (χ1n) is 6.24. The van der Waals surface area contributed by atoms with E-state index in [1.54, 1.807) is 13.0 Å². The molecule has 0 saturated heterocycles. The Kier molecular flexibility index (Phi) is 3.90. The highest BCUT2D eigenvalue weighted by atomic mass is 35.5. The van der Waals surface area contributed by atoms with Crippen LogP contribution in [-0.2, 0) is 6.42 Å². The van der Waals surface area contributed by atoms with E-state index >= 15 is 0 Å². The van der Waals surface area contributed by atoms with E-state index in [-0.39, 0.29) is 33.2 Å². The molecule has 0 aliphatic rings. The number of fused-ring (bicyclic) bond motifs is 1. The Morgan fingerprint density at radius 1 is 1.45 bits per heavy atom. The summed E-state index contributed by atoms with van der Waals surface area (Å²) < 4.78 is 14.0. The van der Waals surface area contributed by atoms with E-state index in [1.165, 1.54) is 6.07 Å². The molecule has 0 aliphatic heterocycles. The Balaban J connectivity index is 2.85. The molecular formula is C14H14ClFN2O2. The second-order valence-corrected chi connectivity index (χ2v) is 5.60. The molecule has 1 heterocycles. The largest absolute Gasteiger partial charge is 0.309 e. The Hall–Kier alpha value is -1.75. The molecule has 20 heavy (non-hydrogen) atoms. The topological polar surface area (TPSA) is 56.0 Å². The number of pyridine rings is 1. The van der Waals surface area contributed by atoms with Gasteiger partial charge in [0, 0.05) is 5.39 Å². The van der Waals surface area contributed by atoms with Crippen LogP contribution in [0.3, 0.4) is 0 Å². The number of aryl methyl sites for hydroxylation is 1. The van der Waals surface area contributed by atoms with Gasteiger partial charge in [0.15, 0.2) is 0 Å². The summed E-state index contributed by atoms with van der Waals surface area (Å²) in [7, 11) is 0. The molecule has 0 radical (unpaired) electrons. The van der Waals surface area contributed by atoms with E-state index in [1.807, 2.05) is 13.8 Å². The minimum absolute atomic E-state index is 0.0433. The Labute approximate surface area is 120 Å². The lowest BCUT2D eigenvalue weighted by atomic mass is 10.0. The molecular weight excluding hydrogens is 283 g/mol. The lowest BCUT2D eigenvalue weighted by Gasteiger charge is -2.10. The molecule has 0 unspecified atom stereocenters. The van der Waals surface area contributed by atoms with Gasteiger partial charge in [0.2, 0.25) is 0 Å². The van der Waals surface area contributed by atoms with Gasteiger partial charge in [0.1, 0.15) is 22.1 Å². The lowest BCUT2D eigenvalue weighted by molar-refractivity contribution is -0.385. The van der Waals surface area contributed by atoms with E-state index in [9.17, 15) is 14.5 Å². The van der Waals surface area contributed by atoms with Crippen molar-refractivity contribution >= 4 is 28.2 Å². The molecule has 0 aliphatic carbocycles. The number of halogens is 2. The van der Waals surface area contributed by atoms with E-state index in [4.69, 9.17) is 11.6 Å². The second kappa shape index (κ2) is 5.32. The molecule has 2 rings (SSSR count). The number of rotatable bonds is 3. The maximum atomic E-state index is 14.0. The zero-order valence-electron chi connectivity index (χ0n) is 11.4. The molecule has 0 N–H and O–H groups in total. The highest BCUT2D eigenvalue weighted by molar-refractivity contribution is 6.37. The molecule has 6 heteroatoms. The van der Waals surface area contributed by atoms with Gasteiger partial charge in [0.05, 0.1) is 4.92 Å². The fourth-order valence-electron chi connectivity index (χ4n) is 2.17. The normalized spacial score (nSPS) is 11.3. The van der Waals surface area contributed by atoms with Gasteiger partial charge in [-0.3, -0.25) is 10.1 Å². The SMILES string of the molecule is Cc1cc(F)c2nc(CC(C)C)c([N+](=O)[O-])c(Cl)c2c1. The minimum atomic E-state index is -0.549. The summed E-state index contributed by atoms with van der Waals surface area (Å²) in [5, 5.41) is 11.5. The van der Waals surface area contributed by atoms with Gasteiger partial charge in [-0.1, -0.05) is 25.4 Å². The smallest absolute Gasteiger partial charge is 0.258 e. The molecule has 1 aromatic heterocycles. The predicted molar refractivity (Wildman–Crippen MR) is 76.6 cm³/mol. The van der Waals surface area contributed by atoms with Gasteiger partial charge in [0.25, 0.3) is 0 Å². The first-order chi connectivity index (χ1) is 9.31. The van der Waals surface area contributed by atoms with Crippen molar-refractivity contribution in [3.05, 3.63) is 44.3 Å². The van der Waals surface area contributed by atoms with Crippen LogP contribution in [0.25, 0.3) is 10.9 Å². The van der Waals surface area contributed by atoms with E-state index in [2.05, 4.69) is 4.98 Å². The van der Waals surface area contributed by atoms with Crippen LogP contribution in [0.15, 0.2) is 12.1 Å². The Morgan fingerprint density at radius 3 is 2.65 bits per heavy atom. The summed E-state index contributed by atoms with van der Waals surface area (Å²) in [6.07, 6.45) is 0.374. The van der Waals surface area contributed by atoms with E-state index in [0.29, 0.717) is 12.0 Å². The van der Waals surface area contributed by atoms with Gasteiger partial charge >= 0.3 is 5.69 Å². The number of hydrogen-bond acceptors (Lipinski definition) is 3. The average molecular weight is 297 g/mol. The van der Waals surface area contributed by atoms with Crippen LogP contribution in [0, 0.1) is 28.8 Å². The van der Waals surface area contributed by atoms with Gasteiger partial charge in [-0.25, -0.2) is 9.37 Å². The van der Waals surface area contributed by atoms with Crippen LogP contribution >= 0.6 is 11.6 Å². The molecule has 106 valence electrons. The number of nitro groups is 1. The fourth-order valence-corrected chi connectivity index (χ4v) is 2.49. The summed E-state index contributed by atoms with van der Waals surface area (Å²) in [4.78, 5) is 14.8. The summed E-state index contributed by atoms with van der Waals surface area (Å²) >= 11 is 6.12. The van der Waals surface area contributed by atoms with Gasteiger partial charge in [-0.15, -0.1) is 0 Å². The van der Waals surface area contributed by atoms with Crippen molar-refractivity contribution in [3.8, 4) is 0 Å². The maximum absolute atomic E-state index is 14.0. The van der Waals surface area contributed by atoms with Crippen molar-refractivity contribution in [2.24, 2.45) is 5.92 Å². The summed E-state index contributed by atoms with van der Waals surface area (Å²) in [6, 6.07) is 2.95. The Bertz CT molecular complexity index is 701. The number of benzene rings is 1. The van der Waals surface area contributed by atoms with Crippen molar-refractivity contribution in [2.45, 2.75) is 27.2 Å². The summed E-state index contributed by atoms with van der Waals surface area (Å²) in [5.74, 6) is -0.356. The third-order valence-corrected chi connectivity index (χ3v) is 3.34. The molecule has 2 aromatic rings. The molecule has 4 nitrogen and oxygen atoms in total. The lowest BCUT2D eigenvalue weighted by Crippen LogP contribution is -2.05. The molecule has 1 aromatic carbocycles. The molecule has 0 saturated carbocycles. The third-order valence-electron chi connectivity index (χ3n) is 2.96. The molecule has 0 amide bonds. The van der Waals surface area contributed by atoms with Crippen LogP contribution in [-0.4, -0.2) is 9.91 Å². The van der Waals surface area contributed by atoms with Crippen LogP contribution in [0.2, 0.25) is 5.02 Å². The van der Waals surface area contributed by atoms with Gasteiger partial charge < -0.3 is 0 Å². The van der Waals surface area contributed by atoms with Crippen LogP contribution < -0.4 is 0 Å². The van der Waals surface area contributed by atoms with Crippen molar-refractivity contribution in [3.63, 3.8) is 0 Å². The molecule has 0 spiro atoms. The van der Waals surface area contributed by atoms with E-state index < -0.39 is 10.7 Å². The standard InChI is InChI=1S/C14H14ClFN2O2/c1-7(2)4-11-14(18(19)20)12(15)9-5-8(3)6-10(16)13(9)17-11/h5-7H,4H2,1-3H3. The minimum Gasteiger partial charge on any atom is -0.258 e. The quantitative estimate of drug-likeness (QED) is 0.621. The predicted octanol–water partition coefficient (Wildman–Crippen LogP) is 4.44. The van der Waals surface area contributed by atoms with Crippen LogP contribution in [0.1, 0.15) is 25.1 Å². The first kappa shape index (κ1) is 14.7. The molecule has 0 bridgehead atoms. The van der Waals surface area contributed by atoms with Gasteiger partial charge in [-0.05, 0) is 37.0 Å². The van der Waals surface area contributed by atoms with Crippen LogP contribution in [0.5, 0.6) is 0 Å². The van der Waals surface area contributed by atoms with E-state index in [0.717, 1.165) is 0 Å². The second-order valence-electron chi connectivity index (χ2n) is 5.22. The maximum Gasteiger partial charge on any atom is 0.309 e. The van der Waals surface area contributed by atoms with Crippen LogP contribution in [0.4, 0.5) is 10.1 Å². The number of hydrogen-bond donors (Lipinski definition) is 0. The first-order valence-corrected chi connectivity index (χ1v) is 6.61. The summed E-state index contributed by atoms with van der Waals surface area (Å²) in [5.41, 5.74) is 0.731. The number of aromatic nitrogens is 1. The van der Waals surface area contributed by atoms with Crippen molar-refractivity contribution in [2.75, 3.05) is 0 Å². The third kappa shape index (κ3) is 2.58. The summed E-state index contributed by atoms with van der Waals surface area (Å²) in [6.45, 7) is 5.52. The zero-order chi connectivity index (χ0) is 15.0. The zero-order valence-corrected chi connectivity index (χ0v) is 12.2. The number of nitrogens with zero attached hydrogens (tertiary/aromatic N) is 2. The van der Waals surface area contributed by atoms with Crippen molar-refractivity contribution in [1.82, 2.24) is 4.98 Å². The van der Waals surface area contributed by atoms with Crippen molar-refractivity contribution in [1.29, 1.82) is 0 Å². The average Bonchev–Trinajstić information content (AvgIpc) is 2.29.